The number of carbonyl (C=O) groups is 1. The molecule has 0 bridgehead atoms. The molecule has 0 aromatic rings. The summed E-state index contributed by atoms with van der Waals surface area (Å²) >= 11 is 0. The zero-order valence-electron chi connectivity index (χ0n) is 9.92. The van der Waals surface area contributed by atoms with Gasteiger partial charge in [0.25, 0.3) is 0 Å². The van der Waals surface area contributed by atoms with Crippen molar-refractivity contribution in [2.75, 3.05) is 32.8 Å². The van der Waals surface area contributed by atoms with Crippen molar-refractivity contribution in [3.05, 3.63) is 0 Å². The van der Waals surface area contributed by atoms with Gasteiger partial charge in [-0.2, -0.15) is 0 Å². The minimum Gasteiger partial charge on any atom is -0.450 e. The van der Waals surface area contributed by atoms with Crippen molar-refractivity contribution in [1.29, 1.82) is 0 Å². The van der Waals surface area contributed by atoms with Crippen molar-refractivity contribution in [3.8, 4) is 11.8 Å². The van der Waals surface area contributed by atoms with E-state index in [1.807, 2.05) is 0 Å². The number of carbonyl (C=O) groups excluding carboxylic acids is 1. The third-order valence-corrected chi connectivity index (χ3v) is 2.47. The van der Waals surface area contributed by atoms with Crippen LogP contribution in [0.15, 0.2) is 0 Å². The number of hydrogen-bond donors (Lipinski definition) is 1. The van der Waals surface area contributed by atoms with E-state index in [4.69, 9.17) is 4.74 Å². The third kappa shape index (κ3) is 5.62. The van der Waals surface area contributed by atoms with E-state index in [2.05, 4.69) is 22.1 Å². The Morgan fingerprint density at radius 3 is 2.75 bits per heavy atom. The van der Waals surface area contributed by atoms with E-state index in [1.165, 1.54) is 19.3 Å². The van der Waals surface area contributed by atoms with Crippen molar-refractivity contribution in [2.45, 2.75) is 26.2 Å². The van der Waals surface area contributed by atoms with E-state index < -0.39 is 6.09 Å². The van der Waals surface area contributed by atoms with E-state index in [0.29, 0.717) is 13.2 Å². The molecule has 0 aliphatic carbocycles. The van der Waals surface area contributed by atoms with Crippen molar-refractivity contribution >= 4 is 6.09 Å². The Balaban J connectivity index is 2.05. The second-order valence-electron chi connectivity index (χ2n) is 3.76. The molecule has 0 aromatic carbocycles. The van der Waals surface area contributed by atoms with Gasteiger partial charge in [-0.05, 0) is 32.9 Å². The first kappa shape index (κ1) is 12.9. The summed E-state index contributed by atoms with van der Waals surface area (Å²) in [5.41, 5.74) is 0. The quantitative estimate of drug-likeness (QED) is 0.733. The largest absolute Gasteiger partial charge is 0.450 e. The zero-order chi connectivity index (χ0) is 11.6. The molecular weight excluding hydrogens is 204 g/mol. The summed E-state index contributed by atoms with van der Waals surface area (Å²) in [6.45, 7) is 5.66. The highest BCUT2D eigenvalue weighted by Gasteiger charge is 2.07. The van der Waals surface area contributed by atoms with E-state index in [-0.39, 0.29) is 0 Å². The van der Waals surface area contributed by atoms with Crippen molar-refractivity contribution < 1.29 is 9.53 Å². The standard InChI is InChI=1S/C12H20N2O2/c1-2-16-12(15)13-8-4-7-11-14-9-5-3-6-10-14/h2-3,5-6,8-11H2,1H3,(H,13,15). The fourth-order valence-corrected chi connectivity index (χ4v) is 1.65. The summed E-state index contributed by atoms with van der Waals surface area (Å²) in [5, 5.41) is 2.57. The summed E-state index contributed by atoms with van der Waals surface area (Å²) in [7, 11) is 0. The molecule has 0 aromatic heterocycles. The molecule has 4 heteroatoms. The van der Waals surface area contributed by atoms with E-state index >= 15 is 0 Å². The highest BCUT2D eigenvalue weighted by Crippen LogP contribution is 2.06. The highest BCUT2D eigenvalue weighted by molar-refractivity contribution is 5.67. The maximum atomic E-state index is 10.9. The SMILES string of the molecule is CCOC(=O)NCC#CCN1CCCCC1. The summed E-state index contributed by atoms with van der Waals surface area (Å²) in [5.74, 6) is 5.98. The Labute approximate surface area is 97.3 Å². The Kier molecular flexibility index (Phi) is 6.43. The summed E-state index contributed by atoms with van der Waals surface area (Å²) in [4.78, 5) is 13.2. The number of amides is 1. The van der Waals surface area contributed by atoms with Crippen LogP contribution in [0.4, 0.5) is 4.79 Å². The number of piperidine rings is 1. The van der Waals surface area contributed by atoms with Crippen molar-refractivity contribution in [3.63, 3.8) is 0 Å². The topological polar surface area (TPSA) is 41.6 Å². The first-order valence-electron chi connectivity index (χ1n) is 5.91. The molecule has 0 saturated carbocycles. The van der Waals surface area contributed by atoms with Crippen LogP contribution in [0, 0.1) is 11.8 Å². The molecule has 0 unspecified atom stereocenters. The molecule has 1 N–H and O–H groups in total. The van der Waals surface area contributed by atoms with Crippen LogP contribution in [0.5, 0.6) is 0 Å². The van der Waals surface area contributed by atoms with Gasteiger partial charge in [0.1, 0.15) is 0 Å². The molecule has 16 heavy (non-hydrogen) atoms. The fraction of sp³-hybridized carbons (Fsp3) is 0.750. The number of ether oxygens (including phenoxy) is 1. The summed E-state index contributed by atoms with van der Waals surface area (Å²) in [6.07, 6.45) is 3.51. The van der Waals surface area contributed by atoms with Crippen LogP contribution in [-0.4, -0.2) is 43.8 Å². The first-order chi connectivity index (χ1) is 7.83. The number of nitrogens with one attached hydrogen (secondary N) is 1. The Morgan fingerprint density at radius 1 is 1.31 bits per heavy atom. The van der Waals surface area contributed by atoms with Crippen LogP contribution >= 0.6 is 0 Å². The van der Waals surface area contributed by atoms with E-state index in [0.717, 1.165) is 19.6 Å². The molecule has 1 aliphatic heterocycles. The highest BCUT2D eigenvalue weighted by atomic mass is 16.5. The summed E-state index contributed by atoms with van der Waals surface area (Å²) in [6, 6.07) is 0. The molecule has 0 atom stereocenters. The molecule has 0 radical (unpaired) electrons. The lowest BCUT2D eigenvalue weighted by Gasteiger charge is -2.23. The van der Waals surface area contributed by atoms with Gasteiger partial charge in [-0.3, -0.25) is 4.90 Å². The molecule has 1 heterocycles. The van der Waals surface area contributed by atoms with Gasteiger partial charge < -0.3 is 10.1 Å². The Bertz CT molecular complexity index is 262. The maximum Gasteiger partial charge on any atom is 0.407 e. The smallest absolute Gasteiger partial charge is 0.407 e. The Hall–Kier alpha value is -1.21. The second-order valence-corrected chi connectivity index (χ2v) is 3.76. The molecule has 1 rings (SSSR count). The molecule has 90 valence electrons. The second kappa shape index (κ2) is 8.00. The number of nitrogens with zero attached hydrogens (tertiary/aromatic N) is 1. The average molecular weight is 224 g/mol. The molecule has 1 amide bonds. The number of rotatable bonds is 3. The number of hydrogen-bond acceptors (Lipinski definition) is 3. The van der Waals surface area contributed by atoms with Gasteiger partial charge in [-0.25, -0.2) is 4.79 Å². The predicted octanol–water partition coefficient (Wildman–Crippen LogP) is 1.22. The van der Waals surface area contributed by atoms with Crippen molar-refractivity contribution in [1.82, 2.24) is 10.2 Å². The summed E-state index contributed by atoms with van der Waals surface area (Å²) < 4.78 is 4.71. The van der Waals surface area contributed by atoms with Gasteiger partial charge in [-0.1, -0.05) is 18.3 Å². The molecule has 0 spiro atoms. The normalized spacial score (nSPS) is 16.1. The van der Waals surface area contributed by atoms with Gasteiger partial charge in [0, 0.05) is 0 Å². The number of likely N-dealkylation sites (tertiary alicyclic amines) is 1. The van der Waals surface area contributed by atoms with Gasteiger partial charge >= 0.3 is 6.09 Å². The van der Waals surface area contributed by atoms with Crippen LogP contribution in [-0.2, 0) is 4.74 Å². The molecule has 4 nitrogen and oxygen atoms in total. The monoisotopic (exact) mass is 224 g/mol. The third-order valence-electron chi connectivity index (χ3n) is 2.47. The minimum absolute atomic E-state index is 0.368. The van der Waals surface area contributed by atoms with E-state index in [1.54, 1.807) is 6.92 Å². The van der Waals surface area contributed by atoms with Gasteiger partial charge in [0.15, 0.2) is 0 Å². The van der Waals surface area contributed by atoms with E-state index in [9.17, 15) is 4.79 Å². The lowest BCUT2D eigenvalue weighted by Crippen LogP contribution is -2.30. The molecule has 1 aliphatic rings. The molecule has 1 fully saturated rings. The van der Waals surface area contributed by atoms with Crippen LogP contribution in [0.3, 0.4) is 0 Å². The molecule has 1 saturated heterocycles. The van der Waals surface area contributed by atoms with Crippen molar-refractivity contribution in [2.24, 2.45) is 0 Å². The van der Waals surface area contributed by atoms with Crippen LogP contribution in [0.25, 0.3) is 0 Å². The van der Waals surface area contributed by atoms with Crippen LogP contribution in [0.1, 0.15) is 26.2 Å². The lowest BCUT2D eigenvalue weighted by atomic mass is 10.1. The van der Waals surface area contributed by atoms with Gasteiger partial charge in [0.2, 0.25) is 0 Å². The average Bonchev–Trinajstić information content (AvgIpc) is 2.30. The van der Waals surface area contributed by atoms with Gasteiger partial charge in [0.05, 0.1) is 19.7 Å². The van der Waals surface area contributed by atoms with Crippen LogP contribution in [0.2, 0.25) is 0 Å². The Morgan fingerprint density at radius 2 is 2.06 bits per heavy atom. The zero-order valence-corrected chi connectivity index (χ0v) is 9.92. The van der Waals surface area contributed by atoms with Crippen LogP contribution < -0.4 is 5.32 Å². The molecular formula is C12H20N2O2. The first-order valence-corrected chi connectivity index (χ1v) is 5.91. The number of alkyl carbamates (subject to hydrolysis) is 1. The maximum absolute atomic E-state index is 10.9. The van der Waals surface area contributed by atoms with Gasteiger partial charge in [-0.15, -0.1) is 0 Å². The lowest BCUT2D eigenvalue weighted by molar-refractivity contribution is 0.153. The fourth-order valence-electron chi connectivity index (χ4n) is 1.65. The minimum atomic E-state index is -0.394. The predicted molar refractivity (Wildman–Crippen MR) is 63.1 cm³/mol.